The average Bonchev–Trinajstić information content (AvgIpc) is 3.08. The second kappa shape index (κ2) is 9.17. The number of nitrogens with one attached hydrogen (secondary N) is 1. The Bertz CT molecular complexity index is 1080. The van der Waals surface area contributed by atoms with Gasteiger partial charge in [0.25, 0.3) is 0 Å². The highest BCUT2D eigenvalue weighted by atomic mass is 35.5. The molecular formula is C21H23ClN6O2S. The predicted octanol–water partition coefficient (Wildman–Crippen LogP) is 3.82. The van der Waals surface area contributed by atoms with Crippen molar-refractivity contribution in [3.8, 4) is 10.6 Å². The van der Waals surface area contributed by atoms with E-state index in [1.54, 1.807) is 17.5 Å². The number of aliphatic carboxylic acids is 1. The van der Waals surface area contributed by atoms with Gasteiger partial charge in [-0.2, -0.15) is 0 Å². The Morgan fingerprint density at radius 1 is 1.16 bits per heavy atom. The molecule has 0 spiro atoms. The van der Waals surface area contributed by atoms with E-state index in [1.165, 1.54) is 0 Å². The zero-order valence-electron chi connectivity index (χ0n) is 17.3. The minimum Gasteiger partial charge on any atom is -0.480 e. The number of aryl methyl sites for hydroxylation is 2. The topological polar surface area (TPSA) is 94.5 Å². The van der Waals surface area contributed by atoms with Gasteiger partial charge in [-0.05, 0) is 38.1 Å². The lowest BCUT2D eigenvalue weighted by atomic mass is 10.2. The second-order valence-electron chi connectivity index (χ2n) is 7.37. The smallest absolute Gasteiger partial charge is 0.317 e. The van der Waals surface area contributed by atoms with Gasteiger partial charge in [0.1, 0.15) is 5.69 Å². The van der Waals surface area contributed by atoms with Crippen molar-refractivity contribution < 1.29 is 9.90 Å². The lowest BCUT2D eigenvalue weighted by molar-refractivity contribution is -0.138. The fourth-order valence-electron chi connectivity index (χ4n) is 3.58. The molecule has 1 aliphatic rings. The molecular weight excluding hydrogens is 436 g/mol. The summed E-state index contributed by atoms with van der Waals surface area (Å²) in [5.74, 6) is -0.308. The van der Waals surface area contributed by atoms with Crippen LogP contribution in [0.4, 0.5) is 17.3 Å². The van der Waals surface area contributed by atoms with Crippen LogP contribution in [0.3, 0.4) is 0 Å². The van der Waals surface area contributed by atoms with E-state index in [2.05, 4.69) is 25.2 Å². The van der Waals surface area contributed by atoms with Crippen LogP contribution in [-0.2, 0) is 4.79 Å². The van der Waals surface area contributed by atoms with Crippen molar-refractivity contribution in [2.24, 2.45) is 0 Å². The average molecular weight is 459 g/mol. The third kappa shape index (κ3) is 5.12. The molecule has 0 bridgehead atoms. The molecule has 162 valence electrons. The lowest BCUT2D eigenvalue weighted by Crippen LogP contribution is -2.47. The van der Waals surface area contributed by atoms with Crippen LogP contribution < -0.4 is 10.2 Å². The van der Waals surface area contributed by atoms with Gasteiger partial charge in [-0.25, -0.2) is 15.0 Å². The maximum atomic E-state index is 10.9. The van der Waals surface area contributed by atoms with Crippen molar-refractivity contribution in [2.75, 3.05) is 42.9 Å². The van der Waals surface area contributed by atoms with E-state index < -0.39 is 5.97 Å². The third-order valence-corrected chi connectivity index (χ3v) is 6.44. The molecule has 1 aliphatic heterocycles. The third-order valence-electron chi connectivity index (χ3n) is 5.08. The molecule has 2 aromatic heterocycles. The first-order chi connectivity index (χ1) is 14.9. The molecule has 0 unspecified atom stereocenters. The maximum absolute atomic E-state index is 10.9. The molecule has 1 fully saturated rings. The molecule has 31 heavy (non-hydrogen) atoms. The van der Waals surface area contributed by atoms with Crippen molar-refractivity contribution >= 4 is 46.2 Å². The fourth-order valence-corrected chi connectivity index (χ4v) is 4.74. The van der Waals surface area contributed by atoms with Crippen LogP contribution in [0.25, 0.3) is 10.6 Å². The van der Waals surface area contributed by atoms with Crippen molar-refractivity contribution in [1.29, 1.82) is 0 Å². The summed E-state index contributed by atoms with van der Waals surface area (Å²) in [6.45, 7) is 7.09. The van der Waals surface area contributed by atoms with Crippen LogP contribution in [0, 0.1) is 13.8 Å². The normalized spacial score (nSPS) is 14.6. The molecule has 1 saturated heterocycles. The number of carboxylic acid groups (broad SMARTS) is 1. The first-order valence-electron chi connectivity index (χ1n) is 9.92. The molecule has 10 heteroatoms. The Balaban J connectivity index is 1.43. The van der Waals surface area contributed by atoms with Crippen molar-refractivity contribution in [3.05, 3.63) is 46.2 Å². The summed E-state index contributed by atoms with van der Waals surface area (Å²) in [6, 6.07) is 8.06. The summed E-state index contributed by atoms with van der Waals surface area (Å²) in [5, 5.41) is 13.6. The van der Waals surface area contributed by atoms with Crippen LogP contribution >= 0.6 is 22.9 Å². The molecule has 2 N–H and O–H groups in total. The molecule has 3 heterocycles. The predicted molar refractivity (Wildman–Crippen MR) is 124 cm³/mol. The molecule has 1 aromatic carbocycles. The first-order valence-corrected chi connectivity index (χ1v) is 11.1. The standard InChI is InChI=1S/C21H23ClN6O2S/c1-13-20(31-14(2)24-13)19-17(22)11-23-21(26-19)25-15-3-5-16(6-4-15)28-9-7-27(8-10-28)12-18(29)30/h3-6,11H,7-10,12H2,1-2H3,(H,29,30)(H,23,25,26). The molecule has 0 aliphatic carbocycles. The Morgan fingerprint density at radius 3 is 2.48 bits per heavy atom. The highest BCUT2D eigenvalue weighted by Crippen LogP contribution is 2.33. The Kier molecular flexibility index (Phi) is 6.35. The highest BCUT2D eigenvalue weighted by molar-refractivity contribution is 7.15. The number of halogens is 1. The molecule has 4 rings (SSSR count). The Morgan fingerprint density at radius 2 is 1.87 bits per heavy atom. The molecule has 0 saturated carbocycles. The molecule has 0 atom stereocenters. The van der Waals surface area contributed by atoms with Gasteiger partial charge >= 0.3 is 5.97 Å². The SMILES string of the molecule is Cc1nc(C)c(-c2nc(Nc3ccc(N4CCN(CC(=O)O)CC4)cc3)ncc2Cl)s1. The van der Waals surface area contributed by atoms with E-state index in [0.717, 1.165) is 53.1 Å². The van der Waals surface area contributed by atoms with Crippen LogP contribution in [0.2, 0.25) is 5.02 Å². The number of anilines is 3. The van der Waals surface area contributed by atoms with Gasteiger partial charge in [-0.15, -0.1) is 11.3 Å². The summed E-state index contributed by atoms with van der Waals surface area (Å²) < 4.78 is 0. The van der Waals surface area contributed by atoms with Crippen molar-refractivity contribution in [2.45, 2.75) is 13.8 Å². The first kappa shape index (κ1) is 21.5. The van der Waals surface area contributed by atoms with E-state index >= 15 is 0 Å². The van der Waals surface area contributed by atoms with Crippen molar-refractivity contribution in [1.82, 2.24) is 19.9 Å². The van der Waals surface area contributed by atoms with Gasteiger partial charge in [-0.1, -0.05) is 11.6 Å². The summed E-state index contributed by atoms with van der Waals surface area (Å²) in [7, 11) is 0. The van der Waals surface area contributed by atoms with E-state index in [9.17, 15) is 4.79 Å². The van der Waals surface area contributed by atoms with E-state index in [4.69, 9.17) is 16.7 Å². The number of nitrogens with zero attached hydrogens (tertiary/aromatic N) is 5. The minimum absolute atomic E-state index is 0.0976. The van der Waals surface area contributed by atoms with Crippen LogP contribution in [-0.4, -0.2) is 63.7 Å². The summed E-state index contributed by atoms with van der Waals surface area (Å²) in [5.41, 5.74) is 3.56. The number of thiazole rings is 1. The van der Waals surface area contributed by atoms with E-state index in [0.29, 0.717) is 16.7 Å². The second-order valence-corrected chi connectivity index (χ2v) is 8.98. The number of rotatable bonds is 6. The van der Waals surface area contributed by atoms with Gasteiger partial charge < -0.3 is 15.3 Å². The molecule has 0 radical (unpaired) electrons. The van der Waals surface area contributed by atoms with Gasteiger partial charge in [0.05, 0.1) is 33.3 Å². The van der Waals surface area contributed by atoms with Crippen LogP contribution in [0.5, 0.6) is 0 Å². The number of piperazine rings is 1. The van der Waals surface area contributed by atoms with Crippen molar-refractivity contribution in [3.63, 3.8) is 0 Å². The number of carboxylic acids is 1. The van der Waals surface area contributed by atoms with Gasteiger partial charge in [0.15, 0.2) is 0 Å². The monoisotopic (exact) mass is 458 g/mol. The number of benzene rings is 1. The zero-order valence-corrected chi connectivity index (χ0v) is 18.9. The molecule has 3 aromatic rings. The van der Waals surface area contributed by atoms with Gasteiger partial charge in [-0.3, -0.25) is 9.69 Å². The number of hydrogen-bond acceptors (Lipinski definition) is 8. The largest absolute Gasteiger partial charge is 0.480 e. The van der Waals surface area contributed by atoms with E-state index in [-0.39, 0.29) is 6.54 Å². The summed E-state index contributed by atoms with van der Waals surface area (Å²) in [4.78, 5) is 29.4. The zero-order chi connectivity index (χ0) is 22.0. The Hall–Kier alpha value is -2.75. The van der Waals surface area contributed by atoms with Gasteiger partial charge in [0.2, 0.25) is 5.95 Å². The van der Waals surface area contributed by atoms with Crippen LogP contribution in [0.1, 0.15) is 10.7 Å². The Labute approximate surface area is 189 Å². The lowest BCUT2D eigenvalue weighted by Gasteiger charge is -2.35. The summed E-state index contributed by atoms with van der Waals surface area (Å²) >= 11 is 7.91. The quantitative estimate of drug-likeness (QED) is 0.575. The highest BCUT2D eigenvalue weighted by Gasteiger charge is 2.19. The van der Waals surface area contributed by atoms with E-state index in [1.807, 2.05) is 43.0 Å². The number of hydrogen-bond donors (Lipinski definition) is 2. The van der Waals surface area contributed by atoms with Crippen LogP contribution in [0.15, 0.2) is 30.5 Å². The number of carbonyl (C=O) groups is 1. The minimum atomic E-state index is -0.780. The number of aromatic nitrogens is 3. The fraction of sp³-hybridized carbons (Fsp3) is 0.333. The molecule has 8 nitrogen and oxygen atoms in total. The molecule has 0 amide bonds. The maximum Gasteiger partial charge on any atom is 0.317 e. The summed E-state index contributed by atoms with van der Waals surface area (Å²) in [6.07, 6.45) is 1.60. The van der Waals surface area contributed by atoms with Gasteiger partial charge in [0, 0.05) is 37.6 Å².